The molecule has 1 aromatic carbocycles. The normalized spacial score (nSPS) is 10.6. The van der Waals surface area contributed by atoms with Crippen LogP contribution in [0.4, 0.5) is 5.69 Å². The summed E-state index contributed by atoms with van der Waals surface area (Å²) in [7, 11) is 1.80. The van der Waals surface area contributed by atoms with Crippen LogP contribution in [0.5, 0.6) is 0 Å². The molecule has 2 rings (SSSR count). The maximum atomic E-state index is 12.4. The van der Waals surface area contributed by atoms with Crippen molar-refractivity contribution in [2.75, 3.05) is 12.8 Å². The Morgan fingerprint density at radius 3 is 2.60 bits per heavy atom. The van der Waals surface area contributed by atoms with E-state index in [0.29, 0.717) is 17.9 Å². The number of benzene rings is 1. The zero-order valence-corrected chi connectivity index (χ0v) is 13.2. The van der Waals surface area contributed by atoms with Gasteiger partial charge in [0.25, 0.3) is 5.91 Å². The second-order valence-corrected chi connectivity index (χ2v) is 5.65. The van der Waals surface area contributed by atoms with Gasteiger partial charge < -0.3 is 15.2 Å². The summed E-state index contributed by atoms with van der Waals surface area (Å²) in [5.41, 5.74) is 8.10. The Morgan fingerprint density at radius 2 is 2.00 bits per heavy atom. The maximum Gasteiger partial charge on any atom is 0.270 e. The molecule has 4 nitrogen and oxygen atoms in total. The molecule has 106 valence electrons. The van der Waals surface area contributed by atoms with Crippen LogP contribution in [0.3, 0.4) is 0 Å². The van der Waals surface area contributed by atoms with E-state index in [1.807, 2.05) is 35.8 Å². The number of nitrogen functional groups attached to an aromatic ring is 1. The number of nitrogens with two attached hydrogens (primary N) is 1. The Labute approximate surface area is 127 Å². The molecule has 0 aliphatic heterocycles. The molecule has 0 bridgehead atoms. The van der Waals surface area contributed by atoms with Crippen molar-refractivity contribution in [2.45, 2.75) is 20.0 Å². The lowest BCUT2D eigenvalue weighted by atomic mass is 10.2. The van der Waals surface area contributed by atoms with Crippen LogP contribution in [0.25, 0.3) is 0 Å². The number of nitrogens with zero attached hydrogens (tertiary/aromatic N) is 2. The highest BCUT2D eigenvalue weighted by Gasteiger charge is 2.16. The van der Waals surface area contributed by atoms with E-state index in [4.69, 9.17) is 5.73 Å². The van der Waals surface area contributed by atoms with E-state index in [9.17, 15) is 4.79 Å². The molecule has 1 aromatic heterocycles. The third-order valence-corrected chi connectivity index (χ3v) is 3.69. The Bertz CT molecular complexity index is 604. The second-order valence-electron chi connectivity index (χ2n) is 4.73. The van der Waals surface area contributed by atoms with Crippen LogP contribution in [0, 0.1) is 0 Å². The summed E-state index contributed by atoms with van der Waals surface area (Å²) in [4.78, 5) is 14.1. The van der Waals surface area contributed by atoms with Crippen LogP contribution in [0.15, 0.2) is 41.0 Å². The van der Waals surface area contributed by atoms with Gasteiger partial charge in [0.1, 0.15) is 5.69 Å². The van der Waals surface area contributed by atoms with Gasteiger partial charge in [-0.25, -0.2) is 0 Å². The van der Waals surface area contributed by atoms with E-state index in [-0.39, 0.29) is 5.91 Å². The molecule has 0 aliphatic rings. The summed E-state index contributed by atoms with van der Waals surface area (Å²) in [5.74, 6) is -0.0218. The molecule has 0 unspecified atom stereocenters. The van der Waals surface area contributed by atoms with Gasteiger partial charge >= 0.3 is 0 Å². The zero-order chi connectivity index (χ0) is 14.7. The molecule has 0 atom stereocenters. The first-order chi connectivity index (χ1) is 9.51. The predicted molar refractivity (Wildman–Crippen MR) is 84.5 cm³/mol. The fourth-order valence-electron chi connectivity index (χ4n) is 2.10. The number of carbonyl (C=O) groups excluding carboxylic acids is 1. The average molecular weight is 336 g/mol. The fourth-order valence-corrected chi connectivity index (χ4v) is 2.37. The molecule has 0 radical (unpaired) electrons. The molecule has 5 heteroatoms. The standard InChI is InChI=1S/C15H18BrN3O/c1-3-19-10-13(17)8-14(19)15(20)18(2)9-11-4-6-12(16)7-5-11/h4-8,10H,3,9,17H2,1-2H3. The minimum absolute atomic E-state index is 0.0218. The highest BCUT2D eigenvalue weighted by Crippen LogP contribution is 2.15. The Morgan fingerprint density at radius 1 is 1.35 bits per heavy atom. The van der Waals surface area contributed by atoms with Crippen molar-refractivity contribution in [3.8, 4) is 0 Å². The molecule has 2 N–H and O–H groups in total. The lowest BCUT2D eigenvalue weighted by Crippen LogP contribution is -2.28. The maximum absolute atomic E-state index is 12.4. The van der Waals surface area contributed by atoms with Gasteiger partial charge in [0.05, 0.1) is 5.69 Å². The zero-order valence-electron chi connectivity index (χ0n) is 11.6. The van der Waals surface area contributed by atoms with Gasteiger partial charge in [-0.3, -0.25) is 4.79 Å². The van der Waals surface area contributed by atoms with Gasteiger partial charge in [0, 0.05) is 30.8 Å². The topological polar surface area (TPSA) is 51.3 Å². The van der Waals surface area contributed by atoms with Crippen molar-refractivity contribution >= 4 is 27.5 Å². The largest absolute Gasteiger partial charge is 0.397 e. The van der Waals surface area contributed by atoms with E-state index in [2.05, 4.69) is 15.9 Å². The lowest BCUT2D eigenvalue weighted by molar-refractivity contribution is 0.0774. The third kappa shape index (κ3) is 3.22. The molecular formula is C15H18BrN3O. The monoisotopic (exact) mass is 335 g/mol. The molecule has 0 spiro atoms. The number of hydrogen-bond donors (Lipinski definition) is 1. The predicted octanol–water partition coefficient (Wildman–Crippen LogP) is 3.12. The molecule has 0 saturated carbocycles. The van der Waals surface area contributed by atoms with Crippen molar-refractivity contribution < 1.29 is 4.79 Å². The van der Waals surface area contributed by atoms with Gasteiger partial charge in [-0.05, 0) is 30.7 Å². The Balaban J connectivity index is 2.14. The first-order valence-electron chi connectivity index (χ1n) is 6.46. The number of aryl methyl sites for hydroxylation is 1. The first kappa shape index (κ1) is 14.7. The second kappa shape index (κ2) is 6.13. The molecule has 1 heterocycles. The average Bonchev–Trinajstić information content (AvgIpc) is 2.81. The van der Waals surface area contributed by atoms with Crippen LogP contribution in [-0.2, 0) is 13.1 Å². The summed E-state index contributed by atoms with van der Waals surface area (Å²) in [6, 6.07) is 9.67. The van der Waals surface area contributed by atoms with E-state index < -0.39 is 0 Å². The van der Waals surface area contributed by atoms with Gasteiger partial charge in [0.15, 0.2) is 0 Å². The molecule has 20 heavy (non-hydrogen) atoms. The first-order valence-corrected chi connectivity index (χ1v) is 7.26. The van der Waals surface area contributed by atoms with Crippen molar-refractivity contribution in [2.24, 2.45) is 0 Å². The summed E-state index contributed by atoms with van der Waals surface area (Å²) < 4.78 is 2.90. The fraction of sp³-hybridized carbons (Fsp3) is 0.267. The van der Waals surface area contributed by atoms with E-state index >= 15 is 0 Å². The van der Waals surface area contributed by atoms with Crippen LogP contribution in [-0.4, -0.2) is 22.4 Å². The smallest absolute Gasteiger partial charge is 0.270 e. The highest BCUT2D eigenvalue weighted by molar-refractivity contribution is 9.10. The number of anilines is 1. The summed E-state index contributed by atoms with van der Waals surface area (Å²) in [6.07, 6.45) is 1.79. The Kier molecular flexibility index (Phi) is 4.49. The number of rotatable bonds is 4. The molecule has 0 fully saturated rings. The van der Waals surface area contributed by atoms with Crippen LogP contribution in [0.2, 0.25) is 0 Å². The summed E-state index contributed by atoms with van der Waals surface area (Å²) in [6.45, 7) is 3.29. The van der Waals surface area contributed by atoms with Gasteiger partial charge in [0.2, 0.25) is 0 Å². The van der Waals surface area contributed by atoms with Crippen molar-refractivity contribution in [3.63, 3.8) is 0 Å². The third-order valence-electron chi connectivity index (χ3n) is 3.16. The van der Waals surface area contributed by atoms with Crippen molar-refractivity contribution in [1.29, 1.82) is 0 Å². The van der Waals surface area contributed by atoms with Crippen LogP contribution in [0.1, 0.15) is 23.0 Å². The van der Waals surface area contributed by atoms with Crippen molar-refractivity contribution in [1.82, 2.24) is 9.47 Å². The number of aromatic nitrogens is 1. The quantitative estimate of drug-likeness (QED) is 0.933. The number of halogens is 1. The number of amides is 1. The SMILES string of the molecule is CCn1cc(N)cc1C(=O)N(C)Cc1ccc(Br)cc1. The Hall–Kier alpha value is -1.75. The number of hydrogen-bond acceptors (Lipinski definition) is 2. The molecular weight excluding hydrogens is 318 g/mol. The molecule has 0 aliphatic carbocycles. The molecule has 1 amide bonds. The summed E-state index contributed by atoms with van der Waals surface area (Å²) in [5, 5.41) is 0. The summed E-state index contributed by atoms with van der Waals surface area (Å²) >= 11 is 3.40. The van der Waals surface area contributed by atoms with Crippen LogP contribution >= 0.6 is 15.9 Å². The highest BCUT2D eigenvalue weighted by atomic mass is 79.9. The lowest BCUT2D eigenvalue weighted by Gasteiger charge is -2.18. The number of carbonyl (C=O) groups is 1. The molecule has 2 aromatic rings. The van der Waals surface area contributed by atoms with Gasteiger partial charge in [-0.2, -0.15) is 0 Å². The van der Waals surface area contributed by atoms with Gasteiger partial charge in [-0.1, -0.05) is 28.1 Å². The minimum Gasteiger partial charge on any atom is -0.397 e. The van der Waals surface area contributed by atoms with Gasteiger partial charge in [-0.15, -0.1) is 0 Å². The van der Waals surface area contributed by atoms with Crippen LogP contribution < -0.4 is 5.73 Å². The van der Waals surface area contributed by atoms with E-state index in [1.165, 1.54) is 0 Å². The minimum atomic E-state index is -0.0218. The van der Waals surface area contributed by atoms with Crippen molar-refractivity contribution in [3.05, 3.63) is 52.3 Å². The van der Waals surface area contributed by atoms with E-state index in [1.54, 1.807) is 24.2 Å². The molecule has 0 saturated heterocycles. The van der Waals surface area contributed by atoms with E-state index in [0.717, 1.165) is 16.6 Å².